The molecule has 5 heteroatoms. The fourth-order valence-electron chi connectivity index (χ4n) is 2.40. The van der Waals surface area contributed by atoms with Gasteiger partial charge in [0.25, 0.3) is 0 Å². The van der Waals surface area contributed by atoms with Crippen molar-refractivity contribution in [3.8, 4) is 0 Å². The first-order chi connectivity index (χ1) is 8.34. The summed E-state index contributed by atoms with van der Waals surface area (Å²) >= 11 is 0. The highest BCUT2D eigenvalue weighted by Gasteiger charge is 2.14. The van der Waals surface area contributed by atoms with Crippen molar-refractivity contribution >= 4 is 5.91 Å². The van der Waals surface area contributed by atoms with Crippen molar-refractivity contribution < 1.29 is 4.79 Å². The van der Waals surface area contributed by atoms with E-state index in [9.17, 15) is 4.79 Å². The zero-order valence-electron chi connectivity index (χ0n) is 10.1. The van der Waals surface area contributed by atoms with Crippen molar-refractivity contribution in [1.29, 1.82) is 0 Å². The largest absolute Gasteiger partial charge is 0.350 e. The second-order valence-electron chi connectivity index (χ2n) is 4.78. The lowest BCUT2D eigenvalue weighted by Crippen LogP contribution is -2.23. The number of rotatable bonds is 5. The van der Waals surface area contributed by atoms with Crippen LogP contribution in [0.15, 0.2) is 6.20 Å². The summed E-state index contributed by atoms with van der Waals surface area (Å²) in [5.74, 6) is 0.889. The van der Waals surface area contributed by atoms with E-state index in [0.29, 0.717) is 13.0 Å². The number of H-pyrrole nitrogens is 1. The third kappa shape index (κ3) is 4.17. The van der Waals surface area contributed by atoms with Gasteiger partial charge in [-0.15, -0.1) is 0 Å². The molecule has 1 fully saturated rings. The molecule has 1 aromatic rings. The number of carbonyl (C=O) groups excluding carboxylic acids is 1. The van der Waals surface area contributed by atoms with Crippen molar-refractivity contribution in [3.05, 3.63) is 11.9 Å². The number of hydrogen-bond donors (Lipinski definition) is 2. The summed E-state index contributed by atoms with van der Waals surface area (Å²) in [4.78, 5) is 11.6. The van der Waals surface area contributed by atoms with Crippen molar-refractivity contribution in [3.63, 3.8) is 0 Å². The maximum atomic E-state index is 11.6. The monoisotopic (exact) mass is 236 g/mol. The molecular formula is C12H20N4O. The Morgan fingerprint density at radius 3 is 2.94 bits per heavy atom. The van der Waals surface area contributed by atoms with E-state index >= 15 is 0 Å². The zero-order valence-corrected chi connectivity index (χ0v) is 10.1. The standard InChI is InChI=1S/C12H20N4O/c17-12(13-8-11-9-14-16-15-11)7-6-10-4-2-1-3-5-10/h9-10H,1-8H2,(H,13,17)(H,14,15,16). The molecule has 1 aromatic heterocycles. The minimum atomic E-state index is 0.124. The minimum Gasteiger partial charge on any atom is -0.350 e. The van der Waals surface area contributed by atoms with Gasteiger partial charge in [0.05, 0.1) is 12.7 Å². The lowest BCUT2D eigenvalue weighted by atomic mass is 9.86. The third-order valence-electron chi connectivity index (χ3n) is 3.44. The fraction of sp³-hybridized carbons (Fsp3) is 0.750. The van der Waals surface area contributed by atoms with Crippen LogP contribution in [0.5, 0.6) is 0 Å². The van der Waals surface area contributed by atoms with Crippen molar-refractivity contribution in [2.75, 3.05) is 0 Å². The third-order valence-corrected chi connectivity index (χ3v) is 3.44. The number of hydrogen-bond acceptors (Lipinski definition) is 3. The first-order valence-corrected chi connectivity index (χ1v) is 6.46. The Morgan fingerprint density at radius 2 is 2.24 bits per heavy atom. The second kappa shape index (κ2) is 6.37. The normalized spacial score (nSPS) is 16.9. The topological polar surface area (TPSA) is 70.7 Å². The summed E-state index contributed by atoms with van der Waals surface area (Å²) in [6.07, 6.45) is 9.95. The molecule has 17 heavy (non-hydrogen) atoms. The van der Waals surface area contributed by atoms with Crippen LogP contribution < -0.4 is 5.32 Å². The smallest absolute Gasteiger partial charge is 0.220 e. The number of amides is 1. The van der Waals surface area contributed by atoms with E-state index in [1.54, 1.807) is 6.20 Å². The molecule has 2 N–H and O–H groups in total. The van der Waals surface area contributed by atoms with Gasteiger partial charge < -0.3 is 5.32 Å². The molecule has 1 heterocycles. The van der Waals surface area contributed by atoms with E-state index in [4.69, 9.17) is 0 Å². The van der Waals surface area contributed by atoms with E-state index in [1.807, 2.05) is 0 Å². The first kappa shape index (κ1) is 12.1. The molecule has 1 aliphatic carbocycles. The van der Waals surface area contributed by atoms with E-state index in [1.165, 1.54) is 32.1 Å². The Hall–Kier alpha value is -1.39. The highest BCUT2D eigenvalue weighted by Crippen LogP contribution is 2.27. The van der Waals surface area contributed by atoms with Crippen molar-refractivity contribution in [1.82, 2.24) is 20.7 Å². The molecule has 0 aliphatic heterocycles. The predicted octanol–water partition coefficient (Wildman–Crippen LogP) is 1.78. The van der Waals surface area contributed by atoms with Gasteiger partial charge in [0, 0.05) is 6.42 Å². The van der Waals surface area contributed by atoms with Crippen LogP contribution in [0.4, 0.5) is 0 Å². The Labute approximate surface area is 101 Å². The van der Waals surface area contributed by atoms with Gasteiger partial charge >= 0.3 is 0 Å². The Balaban J connectivity index is 1.60. The van der Waals surface area contributed by atoms with E-state index in [-0.39, 0.29) is 5.91 Å². The summed E-state index contributed by atoms with van der Waals surface area (Å²) in [5.41, 5.74) is 0.774. The van der Waals surface area contributed by atoms with Gasteiger partial charge in [-0.3, -0.25) is 4.79 Å². The van der Waals surface area contributed by atoms with Crippen LogP contribution in [0.3, 0.4) is 0 Å². The van der Waals surface area contributed by atoms with Gasteiger partial charge in [-0.25, -0.2) is 0 Å². The lowest BCUT2D eigenvalue weighted by Gasteiger charge is -2.20. The minimum absolute atomic E-state index is 0.124. The van der Waals surface area contributed by atoms with Crippen molar-refractivity contribution in [2.24, 2.45) is 5.92 Å². The summed E-state index contributed by atoms with van der Waals surface area (Å²) in [7, 11) is 0. The van der Waals surface area contributed by atoms with E-state index < -0.39 is 0 Å². The molecule has 0 radical (unpaired) electrons. The van der Waals surface area contributed by atoms with Gasteiger partial charge in [-0.05, 0) is 12.3 Å². The van der Waals surface area contributed by atoms with Crippen LogP contribution in [0, 0.1) is 5.92 Å². The van der Waals surface area contributed by atoms with E-state index in [2.05, 4.69) is 20.7 Å². The van der Waals surface area contributed by atoms with E-state index in [0.717, 1.165) is 18.0 Å². The number of aromatic amines is 1. The van der Waals surface area contributed by atoms with Crippen LogP contribution >= 0.6 is 0 Å². The highest BCUT2D eigenvalue weighted by molar-refractivity contribution is 5.75. The maximum Gasteiger partial charge on any atom is 0.220 e. The Morgan fingerprint density at radius 1 is 1.41 bits per heavy atom. The summed E-state index contributed by atoms with van der Waals surface area (Å²) < 4.78 is 0. The molecular weight excluding hydrogens is 216 g/mol. The zero-order chi connectivity index (χ0) is 11.9. The van der Waals surface area contributed by atoms with Gasteiger partial charge in [0.1, 0.15) is 5.69 Å². The first-order valence-electron chi connectivity index (χ1n) is 6.46. The molecule has 0 spiro atoms. The second-order valence-corrected chi connectivity index (χ2v) is 4.78. The van der Waals surface area contributed by atoms with Crippen LogP contribution in [0.1, 0.15) is 50.6 Å². The fourth-order valence-corrected chi connectivity index (χ4v) is 2.40. The molecule has 2 rings (SSSR count). The Kier molecular flexibility index (Phi) is 4.53. The highest BCUT2D eigenvalue weighted by atomic mass is 16.1. The molecule has 0 atom stereocenters. The van der Waals surface area contributed by atoms with Crippen LogP contribution in [-0.2, 0) is 11.3 Å². The molecule has 94 valence electrons. The molecule has 1 aliphatic rings. The summed E-state index contributed by atoms with van der Waals surface area (Å²) in [5, 5.41) is 13.0. The molecule has 0 bridgehead atoms. The van der Waals surface area contributed by atoms with Crippen LogP contribution in [-0.4, -0.2) is 21.3 Å². The number of carbonyl (C=O) groups is 1. The van der Waals surface area contributed by atoms with Gasteiger partial charge in [-0.2, -0.15) is 15.4 Å². The number of aromatic nitrogens is 3. The lowest BCUT2D eigenvalue weighted by molar-refractivity contribution is -0.121. The number of nitrogens with one attached hydrogen (secondary N) is 2. The SMILES string of the molecule is O=C(CCC1CCCCC1)NCc1cn[nH]n1. The molecule has 0 saturated heterocycles. The van der Waals surface area contributed by atoms with Gasteiger partial charge in [-0.1, -0.05) is 32.1 Å². The van der Waals surface area contributed by atoms with Crippen LogP contribution in [0.25, 0.3) is 0 Å². The number of nitrogens with zero attached hydrogens (tertiary/aromatic N) is 2. The van der Waals surface area contributed by atoms with Crippen molar-refractivity contribution in [2.45, 2.75) is 51.5 Å². The maximum absolute atomic E-state index is 11.6. The molecule has 1 amide bonds. The predicted molar refractivity (Wildman–Crippen MR) is 64.0 cm³/mol. The Bertz CT molecular complexity index is 330. The average Bonchev–Trinajstić information content (AvgIpc) is 2.88. The molecule has 0 aromatic carbocycles. The molecule has 5 nitrogen and oxygen atoms in total. The summed E-state index contributed by atoms with van der Waals surface area (Å²) in [6, 6.07) is 0. The van der Waals surface area contributed by atoms with Crippen LogP contribution in [0.2, 0.25) is 0 Å². The molecule has 0 unspecified atom stereocenters. The average molecular weight is 236 g/mol. The summed E-state index contributed by atoms with van der Waals surface area (Å²) in [6.45, 7) is 0.472. The van der Waals surface area contributed by atoms with Gasteiger partial charge in [0.15, 0.2) is 0 Å². The van der Waals surface area contributed by atoms with Gasteiger partial charge in [0.2, 0.25) is 5.91 Å². The molecule has 1 saturated carbocycles. The quantitative estimate of drug-likeness (QED) is 0.818.